The molecule has 0 aliphatic rings. The molecule has 0 saturated carbocycles. The van der Waals surface area contributed by atoms with Gasteiger partial charge in [0.1, 0.15) is 5.52 Å². The number of aryl methyl sites for hydroxylation is 1. The largest absolute Gasteiger partial charge is 0.449 e. The summed E-state index contributed by atoms with van der Waals surface area (Å²) in [4.78, 5) is 30.2. The number of hydrogen-bond acceptors (Lipinski definition) is 5. The molecule has 1 aromatic heterocycles. The maximum absolute atomic E-state index is 13.0. The standard InChI is InChI=1S/C25H21ClN2O4/c1-3-21(23(29)27-16-13-12-15(2)19(26)14-16)32-25(30)18-9-5-4-8-17(18)24-28-20-10-6-7-11-22(20)31-24/h4-14,21H,3H2,1-2H3,(H,27,29). The van der Waals surface area contributed by atoms with Crippen molar-refractivity contribution in [3.8, 4) is 11.5 Å². The molecule has 0 aliphatic heterocycles. The van der Waals surface area contributed by atoms with Crippen LogP contribution in [-0.2, 0) is 9.53 Å². The number of hydrogen-bond donors (Lipinski definition) is 1. The smallest absolute Gasteiger partial charge is 0.339 e. The van der Waals surface area contributed by atoms with Crippen molar-refractivity contribution in [1.82, 2.24) is 4.98 Å². The van der Waals surface area contributed by atoms with Crippen LogP contribution in [0.3, 0.4) is 0 Å². The molecule has 0 spiro atoms. The van der Waals surface area contributed by atoms with E-state index in [1.165, 1.54) is 0 Å². The average Bonchev–Trinajstić information content (AvgIpc) is 3.24. The Kier molecular flexibility index (Phi) is 6.23. The van der Waals surface area contributed by atoms with Gasteiger partial charge >= 0.3 is 5.97 Å². The third-order valence-electron chi connectivity index (χ3n) is 5.02. The highest BCUT2D eigenvalue weighted by Crippen LogP contribution is 2.28. The number of benzene rings is 3. The van der Waals surface area contributed by atoms with Gasteiger partial charge in [-0.3, -0.25) is 4.79 Å². The molecule has 4 rings (SSSR count). The molecule has 1 heterocycles. The predicted octanol–water partition coefficient (Wildman–Crippen LogP) is 6.03. The van der Waals surface area contributed by atoms with Gasteiger partial charge < -0.3 is 14.5 Å². The Hall–Kier alpha value is -3.64. The summed E-state index contributed by atoms with van der Waals surface area (Å²) in [5.41, 5.74) is 3.50. The molecule has 1 N–H and O–H groups in total. The van der Waals surface area contributed by atoms with Crippen LogP contribution < -0.4 is 5.32 Å². The molecule has 7 heteroatoms. The van der Waals surface area contributed by atoms with Crippen molar-refractivity contribution in [1.29, 1.82) is 0 Å². The van der Waals surface area contributed by atoms with Crippen LogP contribution in [0.25, 0.3) is 22.6 Å². The van der Waals surface area contributed by atoms with E-state index in [-0.39, 0.29) is 5.56 Å². The molecule has 162 valence electrons. The van der Waals surface area contributed by atoms with Crippen molar-refractivity contribution >= 4 is 40.3 Å². The quantitative estimate of drug-likeness (QED) is 0.364. The Morgan fingerprint density at radius 3 is 2.59 bits per heavy atom. The number of oxazole rings is 1. The third-order valence-corrected chi connectivity index (χ3v) is 5.43. The van der Waals surface area contributed by atoms with Crippen molar-refractivity contribution in [2.45, 2.75) is 26.4 Å². The maximum atomic E-state index is 13.0. The number of nitrogens with one attached hydrogen (secondary N) is 1. The fourth-order valence-electron chi connectivity index (χ4n) is 3.24. The fourth-order valence-corrected chi connectivity index (χ4v) is 3.42. The first-order valence-electron chi connectivity index (χ1n) is 10.2. The topological polar surface area (TPSA) is 81.4 Å². The van der Waals surface area contributed by atoms with Crippen LogP contribution in [-0.4, -0.2) is 23.0 Å². The summed E-state index contributed by atoms with van der Waals surface area (Å²) in [7, 11) is 0. The number of carbonyl (C=O) groups excluding carboxylic acids is 2. The number of nitrogens with zero attached hydrogens (tertiary/aromatic N) is 1. The van der Waals surface area contributed by atoms with Gasteiger partial charge in [0.15, 0.2) is 11.7 Å². The number of anilines is 1. The van der Waals surface area contributed by atoms with Gasteiger partial charge in [-0.25, -0.2) is 9.78 Å². The molecule has 1 amide bonds. The molecular formula is C25H21ClN2O4. The van der Waals surface area contributed by atoms with Gasteiger partial charge in [0, 0.05) is 10.7 Å². The van der Waals surface area contributed by atoms with Crippen molar-refractivity contribution in [3.63, 3.8) is 0 Å². The molecule has 3 aromatic carbocycles. The van der Waals surface area contributed by atoms with Crippen LogP contribution in [0.15, 0.2) is 71.1 Å². The first-order chi connectivity index (χ1) is 15.5. The molecule has 0 aliphatic carbocycles. The molecule has 4 aromatic rings. The van der Waals surface area contributed by atoms with Crippen LogP contribution in [0.2, 0.25) is 5.02 Å². The Morgan fingerprint density at radius 1 is 1.09 bits per heavy atom. The van der Waals surface area contributed by atoms with E-state index in [4.69, 9.17) is 20.8 Å². The summed E-state index contributed by atoms with van der Waals surface area (Å²) in [5.74, 6) is -0.752. The first-order valence-corrected chi connectivity index (χ1v) is 10.6. The molecular weight excluding hydrogens is 428 g/mol. The van der Waals surface area contributed by atoms with Gasteiger partial charge in [-0.2, -0.15) is 0 Å². The highest BCUT2D eigenvalue weighted by Gasteiger charge is 2.25. The normalized spacial score (nSPS) is 11.8. The second-order valence-electron chi connectivity index (χ2n) is 7.29. The first kappa shape index (κ1) is 21.6. The lowest BCUT2D eigenvalue weighted by Crippen LogP contribution is -2.32. The number of aromatic nitrogens is 1. The molecule has 0 saturated heterocycles. The van der Waals surface area contributed by atoms with Crippen molar-refractivity contribution in [2.75, 3.05) is 5.32 Å². The Balaban J connectivity index is 1.55. The molecule has 0 fully saturated rings. The van der Waals surface area contributed by atoms with E-state index in [9.17, 15) is 9.59 Å². The van der Waals surface area contributed by atoms with Crippen molar-refractivity contribution < 1.29 is 18.7 Å². The number of carbonyl (C=O) groups is 2. The van der Waals surface area contributed by atoms with Gasteiger partial charge in [0.25, 0.3) is 5.91 Å². The van der Waals surface area contributed by atoms with Gasteiger partial charge in [0.2, 0.25) is 5.89 Å². The molecule has 6 nitrogen and oxygen atoms in total. The minimum Gasteiger partial charge on any atom is -0.449 e. The summed E-state index contributed by atoms with van der Waals surface area (Å²) in [6.45, 7) is 3.64. The van der Waals surface area contributed by atoms with Crippen molar-refractivity contribution in [3.05, 3.63) is 82.9 Å². The molecule has 0 radical (unpaired) electrons. The highest BCUT2D eigenvalue weighted by atomic mass is 35.5. The molecule has 1 atom stereocenters. The van der Waals surface area contributed by atoms with Crippen LogP contribution in [0.4, 0.5) is 5.69 Å². The lowest BCUT2D eigenvalue weighted by Gasteiger charge is -2.17. The zero-order valence-corrected chi connectivity index (χ0v) is 18.3. The summed E-state index contributed by atoms with van der Waals surface area (Å²) >= 11 is 6.13. The van der Waals surface area contributed by atoms with E-state index in [0.717, 1.165) is 5.56 Å². The van der Waals surface area contributed by atoms with Crippen LogP contribution >= 0.6 is 11.6 Å². The Morgan fingerprint density at radius 2 is 1.84 bits per heavy atom. The SMILES string of the molecule is CCC(OC(=O)c1ccccc1-c1nc2ccccc2o1)C(=O)Nc1ccc(C)c(Cl)c1. The maximum Gasteiger partial charge on any atom is 0.339 e. The summed E-state index contributed by atoms with van der Waals surface area (Å²) in [5, 5.41) is 3.29. The monoisotopic (exact) mass is 448 g/mol. The number of ether oxygens (including phenoxy) is 1. The lowest BCUT2D eigenvalue weighted by atomic mass is 10.1. The van der Waals surface area contributed by atoms with Gasteiger partial charge in [-0.05, 0) is 55.3 Å². The van der Waals surface area contributed by atoms with Gasteiger partial charge in [-0.1, -0.05) is 48.9 Å². The van der Waals surface area contributed by atoms with Gasteiger partial charge in [-0.15, -0.1) is 0 Å². The van der Waals surface area contributed by atoms with Crippen molar-refractivity contribution in [2.24, 2.45) is 0 Å². The number of rotatable bonds is 6. The second kappa shape index (κ2) is 9.24. The zero-order valence-electron chi connectivity index (χ0n) is 17.6. The minimum atomic E-state index is -0.973. The predicted molar refractivity (Wildman–Crippen MR) is 124 cm³/mol. The lowest BCUT2D eigenvalue weighted by molar-refractivity contribution is -0.124. The van der Waals surface area contributed by atoms with E-state index >= 15 is 0 Å². The third kappa shape index (κ3) is 4.50. The summed E-state index contributed by atoms with van der Waals surface area (Å²) < 4.78 is 11.4. The summed E-state index contributed by atoms with van der Waals surface area (Å²) in [6.07, 6.45) is -0.665. The number of para-hydroxylation sites is 2. The molecule has 0 bridgehead atoms. The number of fused-ring (bicyclic) bond motifs is 1. The molecule has 1 unspecified atom stereocenters. The minimum absolute atomic E-state index is 0.267. The Labute approximate surface area is 190 Å². The van der Waals surface area contributed by atoms with E-state index < -0.39 is 18.0 Å². The second-order valence-corrected chi connectivity index (χ2v) is 7.69. The highest BCUT2D eigenvalue weighted by molar-refractivity contribution is 6.31. The zero-order chi connectivity index (χ0) is 22.7. The van der Waals surface area contributed by atoms with E-state index in [1.54, 1.807) is 43.3 Å². The Bertz CT molecular complexity index is 1270. The van der Waals surface area contributed by atoms with Crippen LogP contribution in [0.5, 0.6) is 0 Å². The van der Waals surface area contributed by atoms with E-state index in [2.05, 4.69) is 10.3 Å². The fraction of sp³-hybridized carbons (Fsp3) is 0.160. The number of halogens is 1. The van der Waals surface area contributed by atoms with Crippen LogP contribution in [0.1, 0.15) is 29.3 Å². The van der Waals surface area contributed by atoms with E-state index in [1.807, 2.05) is 37.3 Å². The number of amides is 1. The average molecular weight is 449 g/mol. The van der Waals surface area contributed by atoms with Gasteiger partial charge in [0.05, 0.1) is 11.1 Å². The molecule has 32 heavy (non-hydrogen) atoms. The number of esters is 1. The van der Waals surface area contributed by atoms with Crippen LogP contribution in [0, 0.1) is 6.92 Å². The van der Waals surface area contributed by atoms with E-state index in [0.29, 0.717) is 39.7 Å². The summed E-state index contributed by atoms with van der Waals surface area (Å²) in [6, 6.07) is 19.4.